The quantitative estimate of drug-likeness (QED) is 0.514. The lowest BCUT2D eigenvalue weighted by atomic mass is 10.2. The van der Waals surface area contributed by atoms with Crippen LogP contribution in [-0.4, -0.2) is 14.6 Å². The third-order valence-corrected chi connectivity index (χ3v) is 4.36. The molecule has 7 heteroatoms. The summed E-state index contributed by atoms with van der Waals surface area (Å²) >= 11 is 0. The molecular formula is C19H17N3O3S. The number of nitrogens with zero attached hydrogens (tertiary/aromatic N) is 1. The summed E-state index contributed by atoms with van der Waals surface area (Å²) in [4.78, 5) is 0.0535. The first-order valence-corrected chi connectivity index (χ1v) is 9.30. The molecule has 0 unspecified atom stereocenters. The van der Waals surface area contributed by atoms with Crippen molar-refractivity contribution < 1.29 is 13.2 Å². The van der Waals surface area contributed by atoms with Crippen molar-refractivity contribution in [2.75, 3.05) is 5.43 Å². The van der Waals surface area contributed by atoms with Crippen molar-refractivity contribution in [2.45, 2.75) is 4.90 Å². The van der Waals surface area contributed by atoms with Gasteiger partial charge >= 0.3 is 0 Å². The van der Waals surface area contributed by atoms with E-state index in [1.807, 2.05) is 54.6 Å². The van der Waals surface area contributed by atoms with Crippen LogP contribution in [0.1, 0.15) is 5.56 Å². The fraction of sp³-hybridized carbons (Fsp3) is 0. The van der Waals surface area contributed by atoms with E-state index in [-0.39, 0.29) is 4.90 Å². The van der Waals surface area contributed by atoms with Crippen molar-refractivity contribution in [3.05, 3.63) is 84.4 Å². The maximum Gasteiger partial charge on any atom is 0.238 e. The molecule has 0 atom stereocenters. The van der Waals surface area contributed by atoms with Crippen LogP contribution in [0.2, 0.25) is 0 Å². The van der Waals surface area contributed by atoms with Crippen LogP contribution in [0.4, 0.5) is 5.69 Å². The zero-order valence-corrected chi connectivity index (χ0v) is 14.6. The first-order valence-electron chi connectivity index (χ1n) is 7.76. The van der Waals surface area contributed by atoms with Gasteiger partial charge in [0.2, 0.25) is 10.0 Å². The standard InChI is InChI=1S/C19H17N3O3S/c20-26(23,24)19-11-9-16(10-12-19)22-21-14-15-5-4-8-18(13-15)25-17-6-2-1-3-7-17/h1-14,22H,(H2,20,23,24). The smallest absolute Gasteiger partial charge is 0.238 e. The topological polar surface area (TPSA) is 93.8 Å². The van der Waals surface area contributed by atoms with Gasteiger partial charge in [0.15, 0.2) is 0 Å². The minimum atomic E-state index is -3.69. The number of ether oxygens (including phenoxy) is 1. The third-order valence-electron chi connectivity index (χ3n) is 3.43. The maximum absolute atomic E-state index is 11.2. The molecule has 0 aliphatic rings. The molecule has 3 rings (SSSR count). The van der Waals surface area contributed by atoms with Crippen LogP contribution in [0, 0.1) is 0 Å². The van der Waals surface area contributed by atoms with Crippen molar-refractivity contribution in [3.8, 4) is 11.5 Å². The molecule has 132 valence electrons. The van der Waals surface area contributed by atoms with Gasteiger partial charge < -0.3 is 4.74 Å². The lowest BCUT2D eigenvalue weighted by Crippen LogP contribution is -2.11. The molecule has 0 aliphatic heterocycles. The molecule has 0 aliphatic carbocycles. The molecule has 3 aromatic carbocycles. The summed E-state index contributed by atoms with van der Waals surface area (Å²) in [6.45, 7) is 0. The van der Waals surface area contributed by atoms with Crippen LogP contribution in [0.15, 0.2) is 88.9 Å². The van der Waals surface area contributed by atoms with Crippen LogP contribution < -0.4 is 15.3 Å². The SMILES string of the molecule is NS(=O)(=O)c1ccc(NN=Cc2cccc(Oc3ccccc3)c2)cc1. The zero-order chi connectivity index (χ0) is 18.4. The van der Waals surface area contributed by atoms with Crippen LogP contribution in [-0.2, 0) is 10.0 Å². The summed E-state index contributed by atoms with van der Waals surface area (Å²) in [6, 6.07) is 23.0. The van der Waals surface area contributed by atoms with Crippen LogP contribution in [0.5, 0.6) is 11.5 Å². The fourth-order valence-electron chi connectivity index (χ4n) is 2.18. The van der Waals surface area contributed by atoms with Crippen LogP contribution in [0.25, 0.3) is 0 Å². The number of benzene rings is 3. The Labute approximate surface area is 152 Å². The Bertz CT molecular complexity index is 1000. The van der Waals surface area contributed by atoms with E-state index in [9.17, 15) is 8.42 Å². The Morgan fingerprint density at radius 1 is 0.885 bits per heavy atom. The predicted molar refractivity (Wildman–Crippen MR) is 102 cm³/mol. The predicted octanol–water partition coefficient (Wildman–Crippen LogP) is 3.57. The van der Waals surface area contributed by atoms with Crippen molar-refractivity contribution in [1.82, 2.24) is 0 Å². The molecule has 0 fully saturated rings. The van der Waals surface area contributed by atoms with Gasteiger partial charge in [0.1, 0.15) is 11.5 Å². The zero-order valence-electron chi connectivity index (χ0n) is 13.7. The average Bonchev–Trinajstić information content (AvgIpc) is 2.63. The van der Waals surface area contributed by atoms with E-state index in [0.29, 0.717) is 11.4 Å². The minimum Gasteiger partial charge on any atom is -0.457 e. The highest BCUT2D eigenvalue weighted by molar-refractivity contribution is 7.89. The van der Waals surface area contributed by atoms with Crippen molar-refractivity contribution in [3.63, 3.8) is 0 Å². The summed E-state index contributed by atoms with van der Waals surface area (Å²) in [5.74, 6) is 1.47. The number of nitrogens with one attached hydrogen (secondary N) is 1. The van der Waals surface area contributed by atoms with E-state index in [0.717, 1.165) is 11.3 Å². The van der Waals surface area contributed by atoms with Gasteiger partial charge in [0.25, 0.3) is 0 Å². The van der Waals surface area contributed by atoms with Gasteiger partial charge in [0.05, 0.1) is 16.8 Å². The molecule has 0 radical (unpaired) electrons. The lowest BCUT2D eigenvalue weighted by molar-refractivity contribution is 0.482. The molecule has 6 nitrogen and oxygen atoms in total. The van der Waals surface area contributed by atoms with E-state index in [2.05, 4.69) is 10.5 Å². The molecule has 3 aromatic rings. The second-order valence-electron chi connectivity index (χ2n) is 5.43. The second kappa shape index (κ2) is 7.81. The molecule has 0 saturated heterocycles. The molecule has 0 bridgehead atoms. The summed E-state index contributed by atoms with van der Waals surface area (Å²) in [5.41, 5.74) is 4.33. The highest BCUT2D eigenvalue weighted by Crippen LogP contribution is 2.21. The molecule has 26 heavy (non-hydrogen) atoms. The maximum atomic E-state index is 11.2. The van der Waals surface area contributed by atoms with Gasteiger partial charge in [-0.2, -0.15) is 5.10 Å². The number of hydrogen-bond acceptors (Lipinski definition) is 5. The summed E-state index contributed by atoms with van der Waals surface area (Å²) < 4.78 is 28.2. The third kappa shape index (κ3) is 4.92. The van der Waals surface area contributed by atoms with Gasteiger partial charge in [-0.3, -0.25) is 5.43 Å². The van der Waals surface area contributed by atoms with E-state index < -0.39 is 10.0 Å². The normalized spacial score (nSPS) is 11.4. The Kier molecular flexibility index (Phi) is 5.31. The van der Waals surface area contributed by atoms with Gasteiger partial charge in [-0.1, -0.05) is 30.3 Å². The van der Waals surface area contributed by atoms with E-state index in [1.165, 1.54) is 12.1 Å². The molecule has 3 N–H and O–H groups in total. The second-order valence-corrected chi connectivity index (χ2v) is 6.99. The van der Waals surface area contributed by atoms with Crippen molar-refractivity contribution in [1.29, 1.82) is 0 Å². The largest absolute Gasteiger partial charge is 0.457 e. The number of para-hydroxylation sites is 1. The van der Waals surface area contributed by atoms with Gasteiger partial charge in [-0.15, -0.1) is 0 Å². The van der Waals surface area contributed by atoms with E-state index >= 15 is 0 Å². The Hall–Kier alpha value is -3.16. The van der Waals surface area contributed by atoms with Crippen molar-refractivity contribution in [2.24, 2.45) is 10.2 Å². The fourth-order valence-corrected chi connectivity index (χ4v) is 2.70. The van der Waals surface area contributed by atoms with Crippen molar-refractivity contribution >= 4 is 21.9 Å². The summed E-state index contributed by atoms with van der Waals surface area (Å²) in [6.07, 6.45) is 1.64. The number of anilines is 1. The molecule has 0 spiro atoms. The van der Waals surface area contributed by atoms with E-state index in [1.54, 1.807) is 18.3 Å². The number of hydrazone groups is 1. The number of rotatable bonds is 6. The molecule has 0 heterocycles. The van der Waals surface area contributed by atoms with Gasteiger partial charge in [0, 0.05) is 0 Å². The van der Waals surface area contributed by atoms with Gasteiger partial charge in [-0.25, -0.2) is 13.6 Å². The molecule has 0 saturated carbocycles. The van der Waals surface area contributed by atoms with Gasteiger partial charge in [-0.05, 0) is 54.1 Å². The van der Waals surface area contributed by atoms with E-state index in [4.69, 9.17) is 9.88 Å². The summed E-state index contributed by atoms with van der Waals surface area (Å²) in [7, 11) is -3.69. The molecular weight excluding hydrogens is 350 g/mol. The Morgan fingerprint density at radius 2 is 1.58 bits per heavy atom. The monoisotopic (exact) mass is 367 g/mol. The van der Waals surface area contributed by atoms with Crippen LogP contribution >= 0.6 is 0 Å². The number of primary sulfonamides is 1. The first kappa shape index (κ1) is 17.7. The lowest BCUT2D eigenvalue weighted by Gasteiger charge is -2.06. The highest BCUT2D eigenvalue weighted by atomic mass is 32.2. The first-order chi connectivity index (χ1) is 12.5. The minimum absolute atomic E-state index is 0.0535. The summed E-state index contributed by atoms with van der Waals surface area (Å²) in [5, 5.41) is 9.20. The average molecular weight is 367 g/mol. The Balaban J connectivity index is 1.64. The van der Waals surface area contributed by atoms with Crippen LogP contribution in [0.3, 0.4) is 0 Å². The Morgan fingerprint density at radius 3 is 2.27 bits per heavy atom. The number of nitrogens with two attached hydrogens (primary N) is 1. The highest BCUT2D eigenvalue weighted by Gasteiger charge is 2.06. The number of hydrogen-bond donors (Lipinski definition) is 2. The number of sulfonamides is 1. The molecule has 0 amide bonds. The molecule has 0 aromatic heterocycles.